The van der Waals surface area contributed by atoms with Crippen molar-refractivity contribution in [3.63, 3.8) is 0 Å². The van der Waals surface area contributed by atoms with E-state index in [9.17, 15) is 9.59 Å². The summed E-state index contributed by atoms with van der Waals surface area (Å²) in [5.74, 6) is 0.321. The number of amides is 2. The van der Waals surface area contributed by atoms with Gasteiger partial charge < -0.3 is 9.80 Å². The molecule has 0 bridgehead atoms. The maximum Gasteiger partial charge on any atom is 0.226 e. The fourth-order valence-electron chi connectivity index (χ4n) is 4.38. The van der Waals surface area contributed by atoms with Crippen molar-refractivity contribution in [1.29, 1.82) is 5.26 Å². The summed E-state index contributed by atoms with van der Waals surface area (Å²) in [5.41, 5.74) is 2.62. The molecular weight excluding hydrogens is 364 g/mol. The Balaban J connectivity index is 1.32. The Morgan fingerprint density at radius 3 is 2.41 bits per heavy atom. The first-order chi connectivity index (χ1) is 14.1. The zero-order chi connectivity index (χ0) is 20.3. The molecule has 6 heteroatoms. The van der Waals surface area contributed by atoms with Gasteiger partial charge in [-0.1, -0.05) is 12.1 Å². The van der Waals surface area contributed by atoms with Crippen molar-refractivity contribution in [1.82, 2.24) is 14.8 Å². The molecule has 3 heterocycles. The summed E-state index contributed by atoms with van der Waals surface area (Å²) in [6, 6.07) is 13.2. The van der Waals surface area contributed by atoms with E-state index >= 15 is 0 Å². The van der Waals surface area contributed by atoms with Crippen molar-refractivity contribution >= 4 is 11.8 Å². The molecule has 2 fully saturated rings. The Hall–Kier alpha value is -3.20. The molecule has 6 nitrogen and oxygen atoms in total. The molecule has 2 amide bonds. The second-order valence-corrected chi connectivity index (χ2v) is 8.15. The van der Waals surface area contributed by atoms with Crippen LogP contribution in [-0.2, 0) is 22.6 Å². The summed E-state index contributed by atoms with van der Waals surface area (Å²) in [7, 11) is 0. The monoisotopic (exact) mass is 388 g/mol. The van der Waals surface area contributed by atoms with Crippen LogP contribution in [0.25, 0.3) is 0 Å². The van der Waals surface area contributed by atoms with Gasteiger partial charge in [-0.2, -0.15) is 5.26 Å². The van der Waals surface area contributed by atoms with E-state index in [1.807, 2.05) is 34.1 Å². The molecule has 0 saturated carbocycles. The molecule has 0 atom stereocenters. The van der Waals surface area contributed by atoms with E-state index in [1.54, 1.807) is 24.5 Å². The van der Waals surface area contributed by atoms with Gasteiger partial charge >= 0.3 is 0 Å². The lowest BCUT2D eigenvalue weighted by Gasteiger charge is -2.39. The van der Waals surface area contributed by atoms with E-state index in [2.05, 4.69) is 11.1 Å². The first-order valence-corrected chi connectivity index (χ1v) is 10.0. The van der Waals surface area contributed by atoms with Gasteiger partial charge in [0, 0.05) is 50.4 Å². The molecule has 2 aliphatic heterocycles. The predicted octanol–water partition coefficient (Wildman–Crippen LogP) is 2.54. The first-order valence-electron chi connectivity index (χ1n) is 10.0. The second kappa shape index (κ2) is 8.04. The van der Waals surface area contributed by atoms with E-state index in [4.69, 9.17) is 5.26 Å². The highest BCUT2D eigenvalue weighted by Crippen LogP contribution is 2.41. The van der Waals surface area contributed by atoms with E-state index < -0.39 is 0 Å². The van der Waals surface area contributed by atoms with Crippen LogP contribution in [-0.4, -0.2) is 46.2 Å². The Kier molecular flexibility index (Phi) is 5.30. The van der Waals surface area contributed by atoms with Crippen LogP contribution in [0.5, 0.6) is 0 Å². The van der Waals surface area contributed by atoms with Gasteiger partial charge in [0.05, 0.1) is 18.1 Å². The lowest BCUT2D eigenvalue weighted by Crippen LogP contribution is -2.44. The summed E-state index contributed by atoms with van der Waals surface area (Å²) in [6.07, 6.45) is 6.17. The van der Waals surface area contributed by atoms with Crippen LogP contribution in [0.15, 0.2) is 48.8 Å². The molecular formula is C23H24N4O2. The normalized spacial score (nSPS) is 18.1. The molecule has 0 N–H and O–H groups in total. The van der Waals surface area contributed by atoms with Gasteiger partial charge in [-0.15, -0.1) is 0 Å². The molecule has 0 radical (unpaired) electrons. The highest BCUT2D eigenvalue weighted by Gasteiger charge is 2.45. The van der Waals surface area contributed by atoms with Gasteiger partial charge in [0.25, 0.3) is 0 Å². The van der Waals surface area contributed by atoms with Crippen LogP contribution >= 0.6 is 0 Å². The smallest absolute Gasteiger partial charge is 0.226 e. The molecule has 2 saturated heterocycles. The maximum absolute atomic E-state index is 12.7. The van der Waals surface area contributed by atoms with Gasteiger partial charge in [0.15, 0.2) is 0 Å². The Bertz CT molecular complexity index is 926. The highest BCUT2D eigenvalue weighted by molar-refractivity contribution is 5.80. The van der Waals surface area contributed by atoms with Crippen molar-refractivity contribution in [2.45, 2.75) is 32.2 Å². The lowest BCUT2D eigenvalue weighted by molar-refractivity contribution is -0.132. The molecule has 1 aromatic heterocycles. The van der Waals surface area contributed by atoms with Crippen LogP contribution < -0.4 is 0 Å². The number of likely N-dealkylation sites (tertiary alicyclic amines) is 2. The van der Waals surface area contributed by atoms with Crippen LogP contribution in [0, 0.1) is 16.7 Å². The summed E-state index contributed by atoms with van der Waals surface area (Å²) < 4.78 is 0. The predicted molar refractivity (Wildman–Crippen MR) is 107 cm³/mol. The van der Waals surface area contributed by atoms with E-state index in [1.165, 1.54) is 0 Å². The second-order valence-electron chi connectivity index (χ2n) is 8.15. The quantitative estimate of drug-likeness (QED) is 0.806. The van der Waals surface area contributed by atoms with Crippen LogP contribution in [0.2, 0.25) is 0 Å². The summed E-state index contributed by atoms with van der Waals surface area (Å²) in [5, 5.41) is 8.88. The number of benzene rings is 1. The van der Waals surface area contributed by atoms with Gasteiger partial charge in [0.1, 0.15) is 0 Å². The molecule has 1 aromatic carbocycles. The number of carbonyl (C=O) groups is 2. The van der Waals surface area contributed by atoms with E-state index in [0.717, 1.165) is 30.5 Å². The fraction of sp³-hybridized carbons (Fsp3) is 0.391. The number of rotatable bonds is 4. The molecule has 29 heavy (non-hydrogen) atoms. The molecule has 0 unspecified atom stereocenters. The third kappa shape index (κ3) is 4.29. The Morgan fingerprint density at radius 1 is 1.07 bits per heavy atom. The molecule has 0 aliphatic carbocycles. The van der Waals surface area contributed by atoms with Gasteiger partial charge in [0.2, 0.25) is 11.8 Å². The van der Waals surface area contributed by atoms with Gasteiger partial charge in [-0.05, 0) is 48.2 Å². The zero-order valence-electron chi connectivity index (χ0n) is 16.4. The molecule has 2 aromatic rings. The summed E-state index contributed by atoms with van der Waals surface area (Å²) in [4.78, 5) is 33.1. The number of aromatic nitrogens is 1. The molecule has 148 valence electrons. The molecule has 1 spiro atoms. The van der Waals surface area contributed by atoms with Crippen LogP contribution in [0.1, 0.15) is 36.0 Å². The van der Waals surface area contributed by atoms with E-state index in [0.29, 0.717) is 38.0 Å². The summed E-state index contributed by atoms with van der Waals surface area (Å²) in [6.45, 7) is 2.80. The topological polar surface area (TPSA) is 77.3 Å². The van der Waals surface area contributed by atoms with Gasteiger partial charge in [-0.3, -0.25) is 14.6 Å². The fourth-order valence-corrected chi connectivity index (χ4v) is 4.38. The first kappa shape index (κ1) is 19.1. The third-order valence-corrected chi connectivity index (χ3v) is 6.14. The van der Waals surface area contributed by atoms with Crippen LogP contribution in [0.3, 0.4) is 0 Å². The number of piperidine rings is 1. The van der Waals surface area contributed by atoms with Crippen molar-refractivity contribution in [3.8, 4) is 6.07 Å². The highest BCUT2D eigenvalue weighted by atomic mass is 16.2. The largest absolute Gasteiger partial charge is 0.342 e. The Morgan fingerprint density at radius 2 is 1.76 bits per heavy atom. The van der Waals surface area contributed by atoms with Gasteiger partial charge in [-0.25, -0.2) is 0 Å². The van der Waals surface area contributed by atoms with Crippen LogP contribution in [0.4, 0.5) is 0 Å². The van der Waals surface area contributed by atoms with Crippen molar-refractivity contribution < 1.29 is 9.59 Å². The lowest BCUT2D eigenvalue weighted by atomic mass is 9.77. The standard InChI is InChI=1S/C23H24N4O2/c24-15-19-3-1-18(2-4-19)13-21(28)26-11-7-23(8-12-26)14-22(29)27(17-23)16-20-5-9-25-10-6-20/h1-6,9-10H,7-8,11-14,16-17H2. The molecule has 4 rings (SSSR count). The minimum absolute atomic E-state index is 0.00463. The summed E-state index contributed by atoms with van der Waals surface area (Å²) >= 11 is 0. The number of nitriles is 1. The van der Waals surface area contributed by atoms with E-state index in [-0.39, 0.29) is 17.2 Å². The minimum atomic E-state index is -0.00463. The number of hydrogen-bond donors (Lipinski definition) is 0. The average molecular weight is 388 g/mol. The minimum Gasteiger partial charge on any atom is -0.342 e. The maximum atomic E-state index is 12.7. The number of hydrogen-bond acceptors (Lipinski definition) is 4. The number of pyridine rings is 1. The zero-order valence-corrected chi connectivity index (χ0v) is 16.4. The average Bonchev–Trinajstić information content (AvgIpc) is 3.04. The van der Waals surface area contributed by atoms with Crippen molar-refractivity contribution in [3.05, 3.63) is 65.5 Å². The SMILES string of the molecule is N#Cc1ccc(CC(=O)N2CCC3(CC2)CC(=O)N(Cc2ccncc2)C3)cc1. The van der Waals surface area contributed by atoms with Crippen molar-refractivity contribution in [2.75, 3.05) is 19.6 Å². The van der Waals surface area contributed by atoms with Crippen molar-refractivity contribution in [2.24, 2.45) is 5.41 Å². The number of nitrogens with zero attached hydrogens (tertiary/aromatic N) is 4. The molecule has 2 aliphatic rings. The number of carbonyl (C=O) groups excluding carboxylic acids is 2. The third-order valence-electron chi connectivity index (χ3n) is 6.14. The Labute approximate surface area is 170 Å².